The van der Waals surface area contributed by atoms with Crippen molar-refractivity contribution in [3.8, 4) is 0 Å². The second-order valence-electron chi connectivity index (χ2n) is 7.92. The van der Waals surface area contributed by atoms with Crippen LogP contribution in [0.1, 0.15) is 34.2 Å². The first kappa shape index (κ1) is 23.1. The number of carbonyl (C=O) groups is 1. The number of anilines is 1. The highest BCUT2D eigenvalue weighted by molar-refractivity contribution is 8.00. The van der Waals surface area contributed by atoms with E-state index in [2.05, 4.69) is 4.90 Å². The van der Waals surface area contributed by atoms with Gasteiger partial charge in [-0.2, -0.15) is 0 Å². The van der Waals surface area contributed by atoms with E-state index in [0.717, 1.165) is 6.07 Å². The number of pyridine rings is 1. The van der Waals surface area contributed by atoms with Gasteiger partial charge in [0.05, 0.1) is 28.1 Å². The molecule has 0 aliphatic carbocycles. The fourth-order valence-corrected chi connectivity index (χ4v) is 5.49. The third kappa shape index (κ3) is 3.73. The summed E-state index contributed by atoms with van der Waals surface area (Å²) in [5, 5.41) is 9.89. The summed E-state index contributed by atoms with van der Waals surface area (Å²) in [5.74, 6) is -1.64. The SMILES string of the molecule is Cc1oc(=O)oc1CN1CCN(c2cc3c(cc2F)c(=O)c(C(=O)O)c2n3C(C)S2)CC1.O. The Hall–Kier alpha value is -3.09. The van der Waals surface area contributed by atoms with E-state index >= 15 is 4.39 Å². The molecule has 2 aromatic heterocycles. The van der Waals surface area contributed by atoms with Crippen molar-refractivity contribution in [3.63, 3.8) is 0 Å². The number of carboxylic acid groups (broad SMARTS) is 1. The Bertz CT molecular complexity index is 1370. The molecule has 1 fully saturated rings. The molecular weight excluding hydrogens is 457 g/mol. The highest BCUT2D eigenvalue weighted by Gasteiger charge is 2.33. The Kier molecular flexibility index (Phi) is 5.85. The lowest BCUT2D eigenvalue weighted by molar-refractivity contribution is 0.0689. The van der Waals surface area contributed by atoms with Crippen LogP contribution in [0.5, 0.6) is 0 Å². The van der Waals surface area contributed by atoms with Crippen molar-refractivity contribution >= 4 is 34.3 Å². The van der Waals surface area contributed by atoms with E-state index in [1.807, 2.05) is 11.8 Å². The maximum Gasteiger partial charge on any atom is 0.519 e. The van der Waals surface area contributed by atoms with Crippen molar-refractivity contribution in [1.82, 2.24) is 9.47 Å². The number of aromatic carboxylic acids is 1. The number of fused-ring (bicyclic) bond motifs is 3. The van der Waals surface area contributed by atoms with E-state index in [1.165, 1.54) is 11.8 Å². The average Bonchev–Trinajstić information content (AvgIpc) is 3.05. The van der Waals surface area contributed by atoms with Gasteiger partial charge in [0.25, 0.3) is 0 Å². The van der Waals surface area contributed by atoms with Crippen LogP contribution >= 0.6 is 11.8 Å². The van der Waals surface area contributed by atoms with Gasteiger partial charge in [0, 0.05) is 31.6 Å². The molecule has 3 N–H and O–H groups in total. The quantitative estimate of drug-likeness (QED) is 0.593. The van der Waals surface area contributed by atoms with E-state index in [9.17, 15) is 19.5 Å². The summed E-state index contributed by atoms with van der Waals surface area (Å²) >= 11 is 1.32. The highest BCUT2D eigenvalue weighted by Crippen LogP contribution is 2.46. The molecule has 5 rings (SSSR count). The van der Waals surface area contributed by atoms with Crippen LogP contribution in [0.4, 0.5) is 10.1 Å². The molecule has 4 heterocycles. The second-order valence-corrected chi connectivity index (χ2v) is 9.22. The molecule has 2 aliphatic heterocycles. The Morgan fingerprint density at radius 3 is 2.48 bits per heavy atom. The molecule has 0 amide bonds. The number of thioether (sulfide) groups is 1. The molecule has 176 valence electrons. The summed E-state index contributed by atoms with van der Waals surface area (Å²) in [4.78, 5) is 39.6. The molecule has 12 heteroatoms. The molecule has 1 saturated heterocycles. The standard InChI is InChI=1S/C21H20FN3O6S.H2O/c1-10-16(31-21(29)30-10)9-23-3-5-24(6-4-23)15-8-14-12(7-13(15)22)18(26)17(20(27)28)19-25(14)11(2)32-19;/h7-8,11H,3-6,9H2,1-2H3,(H,27,28);1H2. The maximum atomic E-state index is 15.0. The molecule has 10 nitrogen and oxygen atoms in total. The Morgan fingerprint density at radius 2 is 1.91 bits per heavy atom. The fraction of sp³-hybridized carbons (Fsp3) is 0.381. The smallest absolute Gasteiger partial charge is 0.477 e. The molecule has 0 saturated carbocycles. The highest BCUT2D eigenvalue weighted by atomic mass is 32.2. The van der Waals surface area contributed by atoms with Crippen molar-refractivity contribution in [2.24, 2.45) is 0 Å². The van der Waals surface area contributed by atoms with Crippen LogP contribution in [0.2, 0.25) is 0 Å². The number of aromatic nitrogens is 1. The molecule has 1 atom stereocenters. The van der Waals surface area contributed by atoms with Gasteiger partial charge in [0.15, 0.2) is 5.76 Å². The molecular formula is C21H22FN3O7S. The molecule has 1 aromatic carbocycles. The van der Waals surface area contributed by atoms with Gasteiger partial charge in [-0.15, -0.1) is 0 Å². The number of nitrogens with zero attached hydrogens (tertiary/aromatic N) is 3. The van der Waals surface area contributed by atoms with Gasteiger partial charge in [0.1, 0.15) is 17.1 Å². The predicted octanol–water partition coefficient (Wildman–Crippen LogP) is 1.82. The van der Waals surface area contributed by atoms with Crippen LogP contribution in [-0.4, -0.2) is 52.2 Å². The van der Waals surface area contributed by atoms with Gasteiger partial charge in [-0.1, -0.05) is 11.8 Å². The lowest BCUT2D eigenvalue weighted by Gasteiger charge is -2.37. The molecule has 0 spiro atoms. The van der Waals surface area contributed by atoms with Gasteiger partial charge >= 0.3 is 11.8 Å². The largest absolute Gasteiger partial charge is 0.519 e. The monoisotopic (exact) mass is 479 g/mol. The zero-order valence-corrected chi connectivity index (χ0v) is 18.7. The van der Waals surface area contributed by atoms with Crippen LogP contribution in [-0.2, 0) is 6.54 Å². The average molecular weight is 479 g/mol. The van der Waals surface area contributed by atoms with Crippen LogP contribution < -0.4 is 16.2 Å². The van der Waals surface area contributed by atoms with Gasteiger partial charge in [-0.25, -0.2) is 14.0 Å². The lowest BCUT2D eigenvalue weighted by Crippen LogP contribution is -2.46. The Morgan fingerprint density at radius 1 is 1.21 bits per heavy atom. The predicted molar refractivity (Wildman–Crippen MR) is 119 cm³/mol. The first-order valence-electron chi connectivity index (χ1n) is 10.1. The van der Waals surface area contributed by atoms with Crippen molar-refractivity contribution in [3.05, 3.63) is 55.9 Å². The molecule has 3 aromatic rings. The third-order valence-corrected chi connectivity index (χ3v) is 7.18. The zero-order chi connectivity index (χ0) is 22.7. The van der Waals surface area contributed by atoms with Gasteiger partial charge in [-0.3, -0.25) is 9.69 Å². The minimum atomic E-state index is -1.30. The number of hydrogen-bond donors (Lipinski definition) is 1. The van der Waals surface area contributed by atoms with Crippen LogP contribution in [0.3, 0.4) is 0 Å². The van der Waals surface area contributed by atoms with Crippen molar-refractivity contribution in [2.45, 2.75) is 30.8 Å². The number of halogens is 1. The minimum Gasteiger partial charge on any atom is -0.477 e. The summed E-state index contributed by atoms with van der Waals surface area (Å²) in [6, 6.07) is 2.80. The maximum absolute atomic E-state index is 15.0. The van der Waals surface area contributed by atoms with Crippen LogP contribution in [0.25, 0.3) is 10.9 Å². The Labute approximate surface area is 190 Å². The van der Waals surface area contributed by atoms with Gasteiger partial charge < -0.3 is 28.9 Å². The zero-order valence-electron chi connectivity index (χ0n) is 17.9. The molecule has 0 bridgehead atoms. The molecule has 0 radical (unpaired) electrons. The number of carboxylic acids is 1. The molecule has 33 heavy (non-hydrogen) atoms. The van der Waals surface area contributed by atoms with Crippen molar-refractivity contribution in [1.29, 1.82) is 0 Å². The first-order valence-corrected chi connectivity index (χ1v) is 11.0. The van der Waals surface area contributed by atoms with Gasteiger partial charge in [0.2, 0.25) is 5.43 Å². The molecule has 1 unspecified atom stereocenters. The summed E-state index contributed by atoms with van der Waals surface area (Å²) in [5.41, 5.74) is -0.0479. The van der Waals surface area contributed by atoms with E-state index in [-0.39, 0.29) is 21.8 Å². The molecule has 2 aliphatic rings. The lowest BCUT2D eigenvalue weighted by atomic mass is 10.1. The first-order chi connectivity index (χ1) is 15.2. The number of aryl methyl sites for hydroxylation is 1. The van der Waals surface area contributed by atoms with E-state index in [4.69, 9.17) is 8.83 Å². The van der Waals surface area contributed by atoms with E-state index < -0.39 is 23.0 Å². The van der Waals surface area contributed by atoms with Crippen LogP contribution in [0.15, 0.2) is 35.6 Å². The minimum absolute atomic E-state index is 0. The topological polar surface area (TPSA) is 141 Å². The third-order valence-electron chi connectivity index (χ3n) is 6.00. The number of piperazine rings is 1. The number of hydrogen-bond acceptors (Lipinski definition) is 8. The van der Waals surface area contributed by atoms with Crippen molar-refractivity contribution in [2.75, 3.05) is 31.1 Å². The van der Waals surface area contributed by atoms with Crippen molar-refractivity contribution < 1.29 is 28.6 Å². The second kappa shape index (κ2) is 8.36. The summed E-state index contributed by atoms with van der Waals surface area (Å²) in [6.07, 6.45) is 0. The normalized spacial score (nSPS) is 18.0. The summed E-state index contributed by atoms with van der Waals surface area (Å²) in [6.45, 7) is 6.33. The number of rotatable bonds is 4. The Balaban J connectivity index is 0.00000259. The van der Waals surface area contributed by atoms with E-state index in [0.29, 0.717) is 60.5 Å². The summed E-state index contributed by atoms with van der Waals surface area (Å²) in [7, 11) is 0. The summed E-state index contributed by atoms with van der Waals surface area (Å²) < 4.78 is 26.8. The van der Waals surface area contributed by atoms with Crippen LogP contribution in [0, 0.1) is 12.7 Å². The van der Waals surface area contributed by atoms with Gasteiger partial charge in [-0.05, 0) is 26.0 Å². The number of benzene rings is 1. The fourth-order valence-electron chi connectivity index (χ4n) is 4.34. The van der Waals surface area contributed by atoms with E-state index in [1.54, 1.807) is 17.6 Å².